The molecular formula is C23H26N4O2. The average molecular weight is 390 g/mol. The van der Waals surface area contributed by atoms with E-state index in [2.05, 4.69) is 16.1 Å². The molecule has 0 radical (unpaired) electrons. The minimum absolute atomic E-state index is 0.0904. The maximum Gasteiger partial charge on any atom is 0.274 e. The molecule has 5 rings (SSSR count). The number of para-hydroxylation sites is 1. The largest absolute Gasteiger partial charge is 0.356 e. The summed E-state index contributed by atoms with van der Waals surface area (Å²) >= 11 is 0. The SMILES string of the molecule is Cc1cc2c(=O)n(CCN3CCC(c4noc5ccccc45)CC3)ccn2c1C. The number of nitrogens with zero attached hydrogens (tertiary/aromatic N) is 4. The standard InChI is InChI=1S/C23H26N4O2/c1-16-15-20-23(28)26(13-14-27(20)17(16)2)12-11-25-9-7-18(8-10-25)22-19-5-3-4-6-21(19)29-24-22/h3-6,13-15,18H,7-12H2,1-2H3. The molecule has 4 aromatic rings. The molecule has 0 aliphatic carbocycles. The van der Waals surface area contributed by atoms with Crippen LogP contribution in [-0.4, -0.2) is 38.7 Å². The maximum absolute atomic E-state index is 12.8. The van der Waals surface area contributed by atoms with Crippen molar-refractivity contribution in [1.29, 1.82) is 0 Å². The third-order valence-electron chi connectivity index (χ3n) is 6.46. The molecule has 29 heavy (non-hydrogen) atoms. The van der Waals surface area contributed by atoms with Gasteiger partial charge in [-0.2, -0.15) is 0 Å². The number of rotatable bonds is 4. The van der Waals surface area contributed by atoms with Crippen molar-refractivity contribution >= 4 is 16.5 Å². The number of likely N-dealkylation sites (tertiary alicyclic amines) is 1. The minimum atomic E-state index is 0.0904. The number of fused-ring (bicyclic) bond motifs is 2. The molecule has 1 saturated heterocycles. The van der Waals surface area contributed by atoms with Crippen LogP contribution in [0.4, 0.5) is 0 Å². The summed E-state index contributed by atoms with van der Waals surface area (Å²) in [5, 5.41) is 5.49. The van der Waals surface area contributed by atoms with Crippen molar-refractivity contribution in [2.24, 2.45) is 0 Å². The van der Waals surface area contributed by atoms with Gasteiger partial charge in [0.1, 0.15) is 5.52 Å². The quantitative estimate of drug-likeness (QED) is 0.533. The van der Waals surface area contributed by atoms with E-state index in [4.69, 9.17) is 4.52 Å². The van der Waals surface area contributed by atoms with Crippen molar-refractivity contribution < 1.29 is 4.52 Å². The second-order valence-corrected chi connectivity index (χ2v) is 8.14. The van der Waals surface area contributed by atoms with Crippen LogP contribution in [0.3, 0.4) is 0 Å². The third-order valence-corrected chi connectivity index (χ3v) is 6.46. The van der Waals surface area contributed by atoms with Gasteiger partial charge in [0, 0.05) is 42.5 Å². The van der Waals surface area contributed by atoms with Crippen LogP contribution in [-0.2, 0) is 6.54 Å². The Labute approximate surface area is 169 Å². The first-order valence-corrected chi connectivity index (χ1v) is 10.4. The maximum atomic E-state index is 12.8. The molecule has 1 aliphatic heterocycles. The fourth-order valence-corrected chi connectivity index (χ4v) is 4.52. The summed E-state index contributed by atoms with van der Waals surface area (Å²) in [7, 11) is 0. The summed E-state index contributed by atoms with van der Waals surface area (Å²) in [6.45, 7) is 7.75. The molecule has 6 heteroatoms. The Morgan fingerprint density at radius 1 is 1.10 bits per heavy atom. The number of aryl methyl sites for hydroxylation is 2. The van der Waals surface area contributed by atoms with Crippen molar-refractivity contribution in [1.82, 2.24) is 19.0 Å². The predicted octanol–water partition coefficient (Wildman–Crippen LogP) is 3.74. The molecule has 0 spiro atoms. The first-order chi connectivity index (χ1) is 14.1. The molecule has 0 N–H and O–H groups in total. The van der Waals surface area contributed by atoms with E-state index in [1.165, 1.54) is 0 Å². The highest BCUT2D eigenvalue weighted by atomic mass is 16.5. The summed E-state index contributed by atoms with van der Waals surface area (Å²) in [4.78, 5) is 15.3. The zero-order chi connectivity index (χ0) is 20.0. The Balaban J connectivity index is 1.24. The number of aromatic nitrogens is 3. The van der Waals surface area contributed by atoms with Gasteiger partial charge >= 0.3 is 0 Å². The zero-order valence-corrected chi connectivity index (χ0v) is 17.0. The Kier molecular flexibility index (Phi) is 4.51. The van der Waals surface area contributed by atoms with Gasteiger partial charge in [0.25, 0.3) is 5.56 Å². The van der Waals surface area contributed by atoms with Crippen LogP contribution in [0.5, 0.6) is 0 Å². The zero-order valence-electron chi connectivity index (χ0n) is 17.0. The number of piperidine rings is 1. The normalized spacial score (nSPS) is 16.2. The summed E-state index contributed by atoms with van der Waals surface area (Å²) in [5.74, 6) is 0.445. The molecule has 150 valence electrons. The molecule has 0 saturated carbocycles. The van der Waals surface area contributed by atoms with Gasteiger partial charge in [0.15, 0.2) is 5.58 Å². The highest BCUT2D eigenvalue weighted by Gasteiger charge is 2.24. The molecule has 6 nitrogen and oxygen atoms in total. The topological polar surface area (TPSA) is 55.7 Å². The van der Waals surface area contributed by atoms with Gasteiger partial charge in [0.05, 0.1) is 5.69 Å². The van der Waals surface area contributed by atoms with E-state index in [0.29, 0.717) is 5.92 Å². The number of hydrogen-bond donors (Lipinski definition) is 0. The lowest BCUT2D eigenvalue weighted by Gasteiger charge is -2.31. The predicted molar refractivity (Wildman–Crippen MR) is 114 cm³/mol. The molecular weight excluding hydrogens is 364 g/mol. The van der Waals surface area contributed by atoms with E-state index < -0.39 is 0 Å². The van der Waals surface area contributed by atoms with Crippen molar-refractivity contribution in [3.05, 3.63) is 70.0 Å². The van der Waals surface area contributed by atoms with Gasteiger partial charge in [-0.15, -0.1) is 0 Å². The number of benzene rings is 1. The average Bonchev–Trinajstić information content (AvgIpc) is 3.30. The Morgan fingerprint density at radius 2 is 1.90 bits per heavy atom. The van der Waals surface area contributed by atoms with Gasteiger partial charge in [0.2, 0.25) is 0 Å². The van der Waals surface area contributed by atoms with Gasteiger partial charge < -0.3 is 18.4 Å². The van der Waals surface area contributed by atoms with Gasteiger partial charge in [-0.3, -0.25) is 4.79 Å². The van der Waals surface area contributed by atoms with Crippen LogP contribution < -0.4 is 5.56 Å². The van der Waals surface area contributed by atoms with E-state index in [-0.39, 0.29) is 5.56 Å². The van der Waals surface area contributed by atoms with E-state index in [1.54, 1.807) is 0 Å². The molecule has 0 unspecified atom stereocenters. The van der Waals surface area contributed by atoms with Crippen LogP contribution in [0, 0.1) is 13.8 Å². The van der Waals surface area contributed by atoms with E-state index in [9.17, 15) is 4.79 Å². The van der Waals surface area contributed by atoms with Crippen molar-refractivity contribution in [2.45, 2.75) is 39.2 Å². The van der Waals surface area contributed by atoms with E-state index in [1.807, 2.05) is 59.5 Å². The van der Waals surface area contributed by atoms with Crippen LogP contribution in [0.15, 0.2) is 52.0 Å². The lowest BCUT2D eigenvalue weighted by atomic mass is 9.91. The fourth-order valence-electron chi connectivity index (χ4n) is 4.52. The van der Waals surface area contributed by atoms with Gasteiger partial charge in [-0.05, 0) is 63.5 Å². The summed E-state index contributed by atoms with van der Waals surface area (Å²) in [6.07, 6.45) is 6.06. The molecule has 0 atom stereocenters. The highest BCUT2D eigenvalue weighted by Crippen LogP contribution is 2.32. The second kappa shape index (κ2) is 7.19. The lowest BCUT2D eigenvalue weighted by Crippen LogP contribution is -2.37. The van der Waals surface area contributed by atoms with Gasteiger partial charge in [-0.25, -0.2) is 0 Å². The first kappa shape index (κ1) is 18.2. The molecule has 1 aromatic carbocycles. The molecule has 0 amide bonds. The first-order valence-electron chi connectivity index (χ1n) is 10.4. The van der Waals surface area contributed by atoms with Crippen LogP contribution in [0.2, 0.25) is 0 Å². The summed E-state index contributed by atoms with van der Waals surface area (Å²) < 4.78 is 9.32. The molecule has 4 heterocycles. The van der Waals surface area contributed by atoms with Crippen molar-refractivity contribution in [3.63, 3.8) is 0 Å². The summed E-state index contributed by atoms with van der Waals surface area (Å²) in [6, 6.07) is 10.1. The molecule has 3 aromatic heterocycles. The fraction of sp³-hybridized carbons (Fsp3) is 0.391. The third kappa shape index (κ3) is 3.17. The van der Waals surface area contributed by atoms with Crippen LogP contribution >= 0.6 is 0 Å². The monoisotopic (exact) mass is 390 g/mol. The van der Waals surface area contributed by atoms with Crippen molar-refractivity contribution in [3.8, 4) is 0 Å². The van der Waals surface area contributed by atoms with Crippen LogP contribution in [0.1, 0.15) is 35.7 Å². The number of hydrogen-bond acceptors (Lipinski definition) is 4. The second-order valence-electron chi connectivity index (χ2n) is 8.14. The van der Waals surface area contributed by atoms with Crippen molar-refractivity contribution in [2.75, 3.05) is 19.6 Å². The Bertz CT molecular complexity index is 1220. The minimum Gasteiger partial charge on any atom is -0.356 e. The van der Waals surface area contributed by atoms with Crippen LogP contribution in [0.25, 0.3) is 16.5 Å². The summed E-state index contributed by atoms with van der Waals surface area (Å²) in [5.41, 5.74) is 5.11. The van der Waals surface area contributed by atoms with Gasteiger partial charge in [-0.1, -0.05) is 17.3 Å². The molecule has 0 bridgehead atoms. The van der Waals surface area contributed by atoms with E-state index >= 15 is 0 Å². The Hall–Kier alpha value is -2.86. The molecule has 1 aliphatic rings. The molecule has 1 fully saturated rings. The smallest absolute Gasteiger partial charge is 0.274 e. The van der Waals surface area contributed by atoms with E-state index in [0.717, 1.165) is 72.5 Å². The lowest BCUT2D eigenvalue weighted by molar-refractivity contribution is 0.202. The Morgan fingerprint density at radius 3 is 2.72 bits per heavy atom. The highest BCUT2D eigenvalue weighted by molar-refractivity contribution is 5.79.